The number of Topliss-reactive ketones (excluding diaryl/α,β-unsaturated/α-hetero) is 1. The number of fused-ring (bicyclic) bond motifs is 1. The fourth-order valence-electron chi connectivity index (χ4n) is 4.08. The van der Waals surface area contributed by atoms with Crippen molar-refractivity contribution < 1.29 is 19.4 Å². The van der Waals surface area contributed by atoms with Crippen LogP contribution < -0.4 is 0 Å². The second-order valence-electron chi connectivity index (χ2n) is 7.25. The number of aliphatic hydroxyl groups excluding tert-OH is 1. The Bertz CT molecular complexity index is 873. The minimum Gasteiger partial charge on any atom is -0.507 e. The van der Waals surface area contributed by atoms with Crippen LogP contribution in [0.4, 0.5) is 0 Å². The highest BCUT2D eigenvalue weighted by atomic mass is 32.1. The monoisotopic (exact) mass is 370 g/mol. The van der Waals surface area contributed by atoms with E-state index in [-0.39, 0.29) is 23.5 Å². The number of ketones is 1. The lowest BCUT2D eigenvalue weighted by Gasteiger charge is -2.23. The van der Waals surface area contributed by atoms with Crippen molar-refractivity contribution in [2.75, 3.05) is 0 Å². The van der Waals surface area contributed by atoms with Crippen molar-refractivity contribution in [2.45, 2.75) is 51.0 Å². The Labute approximate surface area is 156 Å². The zero-order valence-corrected chi connectivity index (χ0v) is 15.4. The second-order valence-corrected chi connectivity index (χ2v) is 8.16. The van der Waals surface area contributed by atoms with E-state index in [1.165, 1.54) is 19.3 Å². The van der Waals surface area contributed by atoms with Crippen LogP contribution in [-0.2, 0) is 20.7 Å². The van der Waals surface area contributed by atoms with E-state index in [1.54, 1.807) is 11.3 Å². The van der Waals surface area contributed by atoms with Crippen LogP contribution in [0.5, 0.6) is 0 Å². The van der Waals surface area contributed by atoms with Crippen molar-refractivity contribution in [2.24, 2.45) is 5.92 Å². The highest BCUT2D eigenvalue weighted by Crippen LogP contribution is 2.34. The molecule has 1 aromatic heterocycles. The lowest BCUT2D eigenvalue weighted by molar-refractivity contribution is -0.141. The molecule has 1 N–H and O–H groups in total. The quantitative estimate of drug-likeness (QED) is 0.611. The summed E-state index contributed by atoms with van der Waals surface area (Å²) < 4.78 is 6.44. The average molecular weight is 370 g/mol. The predicted molar refractivity (Wildman–Crippen MR) is 101 cm³/mol. The Morgan fingerprint density at radius 3 is 2.77 bits per heavy atom. The molecule has 1 atom stereocenters. The van der Waals surface area contributed by atoms with E-state index in [0.29, 0.717) is 12.3 Å². The average Bonchev–Trinajstić information content (AvgIpc) is 3.17. The molecule has 0 spiro atoms. The Balaban J connectivity index is 1.51. The molecule has 2 aliphatic rings. The number of hydrogen-bond acceptors (Lipinski definition) is 5. The maximum Gasteiger partial charge on any atom is 0.346 e. The fraction of sp³-hybridized carbons (Fsp3) is 0.429. The van der Waals surface area contributed by atoms with Crippen molar-refractivity contribution >= 4 is 33.2 Å². The molecule has 0 saturated heterocycles. The number of thiophene rings is 1. The normalized spacial score (nSPS) is 21.4. The largest absolute Gasteiger partial charge is 0.507 e. The molecule has 0 bridgehead atoms. The maximum atomic E-state index is 12.7. The minimum absolute atomic E-state index is 0.106. The molecule has 1 aromatic carbocycles. The molecule has 2 heterocycles. The van der Waals surface area contributed by atoms with E-state index < -0.39 is 12.1 Å². The first-order valence-electron chi connectivity index (χ1n) is 9.26. The number of cyclic esters (lactones) is 1. The van der Waals surface area contributed by atoms with Gasteiger partial charge in [-0.25, -0.2) is 4.79 Å². The highest BCUT2D eigenvalue weighted by molar-refractivity contribution is 7.17. The van der Waals surface area contributed by atoms with Crippen molar-refractivity contribution in [1.29, 1.82) is 0 Å². The van der Waals surface area contributed by atoms with Gasteiger partial charge in [-0.05, 0) is 34.7 Å². The van der Waals surface area contributed by atoms with Crippen LogP contribution in [0.3, 0.4) is 0 Å². The number of carbonyl (C=O) groups excluding carboxylic acids is 2. The van der Waals surface area contributed by atoms with Crippen LogP contribution in [0, 0.1) is 5.92 Å². The second kappa shape index (κ2) is 7.23. The van der Waals surface area contributed by atoms with Gasteiger partial charge in [0, 0.05) is 11.1 Å². The van der Waals surface area contributed by atoms with Crippen molar-refractivity contribution in [3.8, 4) is 0 Å². The van der Waals surface area contributed by atoms with Gasteiger partial charge in [0.2, 0.25) is 0 Å². The Hall–Kier alpha value is -2.14. The summed E-state index contributed by atoms with van der Waals surface area (Å²) in [4.78, 5) is 24.9. The summed E-state index contributed by atoms with van der Waals surface area (Å²) >= 11 is 1.58. The van der Waals surface area contributed by atoms with Gasteiger partial charge in [0.25, 0.3) is 0 Å². The topological polar surface area (TPSA) is 63.6 Å². The van der Waals surface area contributed by atoms with Gasteiger partial charge in [-0.2, -0.15) is 0 Å². The Morgan fingerprint density at radius 1 is 1.19 bits per heavy atom. The van der Waals surface area contributed by atoms with Crippen molar-refractivity contribution in [3.63, 3.8) is 0 Å². The molecular weight excluding hydrogens is 348 g/mol. The minimum atomic E-state index is -0.673. The van der Waals surface area contributed by atoms with Crippen LogP contribution in [0.25, 0.3) is 10.1 Å². The predicted octanol–water partition coefficient (Wildman–Crippen LogP) is 4.72. The van der Waals surface area contributed by atoms with Gasteiger partial charge in [-0.15, -0.1) is 11.3 Å². The number of rotatable bonds is 5. The third-order valence-electron chi connectivity index (χ3n) is 5.48. The summed E-state index contributed by atoms with van der Waals surface area (Å²) in [6.45, 7) is 0. The molecule has 136 valence electrons. The molecule has 1 unspecified atom stereocenters. The smallest absolute Gasteiger partial charge is 0.346 e. The number of hydrogen-bond donors (Lipinski definition) is 1. The van der Waals surface area contributed by atoms with Crippen LogP contribution >= 0.6 is 11.3 Å². The molecule has 0 amide bonds. The molecule has 5 heteroatoms. The molecular formula is C21H22O4S. The zero-order valence-electron chi connectivity index (χ0n) is 14.6. The van der Waals surface area contributed by atoms with E-state index >= 15 is 0 Å². The lowest BCUT2D eigenvalue weighted by atomic mass is 9.85. The van der Waals surface area contributed by atoms with Crippen molar-refractivity contribution in [3.05, 3.63) is 46.5 Å². The van der Waals surface area contributed by atoms with Crippen LogP contribution in [0.2, 0.25) is 0 Å². The summed E-state index contributed by atoms with van der Waals surface area (Å²) in [6, 6.07) is 7.88. The lowest BCUT2D eigenvalue weighted by Crippen LogP contribution is -2.18. The Kier molecular flexibility index (Phi) is 4.81. The molecule has 1 saturated carbocycles. The van der Waals surface area contributed by atoms with Crippen LogP contribution in [0.15, 0.2) is 41.0 Å². The van der Waals surface area contributed by atoms with Crippen LogP contribution in [-0.4, -0.2) is 23.0 Å². The first-order valence-corrected chi connectivity index (χ1v) is 10.1. The first-order chi connectivity index (χ1) is 12.6. The number of carbonyl (C=O) groups is 2. The summed E-state index contributed by atoms with van der Waals surface area (Å²) in [5.41, 5.74) is 0.737. The van der Waals surface area contributed by atoms with Crippen LogP contribution in [0.1, 0.15) is 44.1 Å². The van der Waals surface area contributed by atoms with Crippen molar-refractivity contribution in [1.82, 2.24) is 0 Å². The molecule has 2 aromatic rings. The summed E-state index contributed by atoms with van der Waals surface area (Å²) in [5.74, 6) is -0.737. The summed E-state index contributed by atoms with van der Waals surface area (Å²) in [5, 5.41) is 13.4. The Morgan fingerprint density at radius 2 is 1.96 bits per heavy atom. The standard InChI is InChI=1S/C21H22O4S/c22-16(11-14-12-26-18-9-5-4-8-15(14)18)19-20(23)17(25-21(19)24)10-13-6-2-1-3-7-13/h4-5,8-9,12-13,17,23H,1-3,6-7,10-11H2. The van der Waals surface area contributed by atoms with E-state index in [2.05, 4.69) is 0 Å². The number of ether oxygens (including phenoxy) is 1. The van der Waals surface area contributed by atoms with Gasteiger partial charge in [0.15, 0.2) is 17.6 Å². The number of aliphatic hydroxyl groups is 1. The third kappa shape index (κ3) is 3.28. The van der Waals surface area contributed by atoms with Gasteiger partial charge in [0.1, 0.15) is 5.57 Å². The SMILES string of the molecule is O=C(Cc1csc2ccccc12)C1=C(O)C(CC2CCCCC2)OC1=O. The third-order valence-corrected chi connectivity index (χ3v) is 6.49. The van der Waals surface area contributed by atoms with Gasteiger partial charge >= 0.3 is 5.97 Å². The van der Waals surface area contributed by atoms with E-state index in [1.807, 2.05) is 29.6 Å². The van der Waals surface area contributed by atoms with Gasteiger partial charge in [-0.1, -0.05) is 50.3 Å². The first kappa shape index (κ1) is 17.3. The fourth-order valence-corrected chi connectivity index (χ4v) is 5.05. The van der Waals surface area contributed by atoms with E-state index in [0.717, 1.165) is 28.5 Å². The van der Waals surface area contributed by atoms with Gasteiger partial charge in [0.05, 0.1) is 0 Å². The molecule has 4 rings (SSSR count). The molecule has 4 nitrogen and oxygen atoms in total. The molecule has 1 fully saturated rings. The summed E-state index contributed by atoms with van der Waals surface area (Å²) in [7, 11) is 0. The number of benzene rings is 1. The summed E-state index contributed by atoms with van der Waals surface area (Å²) in [6.07, 6.45) is 5.91. The van der Waals surface area contributed by atoms with E-state index in [9.17, 15) is 14.7 Å². The molecule has 26 heavy (non-hydrogen) atoms. The molecule has 1 aliphatic heterocycles. The maximum absolute atomic E-state index is 12.7. The number of esters is 1. The highest BCUT2D eigenvalue weighted by Gasteiger charge is 2.39. The zero-order chi connectivity index (χ0) is 18.1. The van der Waals surface area contributed by atoms with Gasteiger partial charge < -0.3 is 9.84 Å². The molecule has 1 aliphatic carbocycles. The van der Waals surface area contributed by atoms with Gasteiger partial charge in [-0.3, -0.25) is 4.79 Å². The molecule has 0 radical (unpaired) electrons. The van der Waals surface area contributed by atoms with E-state index in [4.69, 9.17) is 4.74 Å².